The summed E-state index contributed by atoms with van der Waals surface area (Å²) in [6, 6.07) is 15.3. The number of ketones is 1. The van der Waals surface area contributed by atoms with Gasteiger partial charge in [0.05, 0.1) is 12.3 Å². The lowest BCUT2D eigenvalue weighted by Gasteiger charge is -2.16. The van der Waals surface area contributed by atoms with Crippen molar-refractivity contribution in [2.75, 3.05) is 6.61 Å². The SMILES string of the molecule is CCOC(=O)c1c2ccc(Cl)cc2c(-c2ccccc2)n1C1=CCC(=O)C=C1. The topological polar surface area (TPSA) is 48.3 Å². The van der Waals surface area contributed by atoms with Gasteiger partial charge in [-0.15, -0.1) is 0 Å². The third-order valence-corrected chi connectivity index (χ3v) is 4.90. The van der Waals surface area contributed by atoms with Gasteiger partial charge in [-0.3, -0.25) is 4.79 Å². The van der Waals surface area contributed by atoms with Crippen LogP contribution in [0.4, 0.5) is 0 Å². The minimum absolute atomic E-state index is 0.0300. The molecule has 0 amide bonds. The number of fused-ring (bicyclic) bond motifs is 1. The van der Waals surface area contributed by atoms with E-state index in [0.29, 0.717) is 10.7 Å². The van der Waals surface area contributed by atoms with Crippen LogP contribution in [-0.2, 0) is 9.53 Å². The van der Waals surface area contributed by atoms with Crippen LogP contribution in [0.3, 0.4) is 0 Å². The molecule has 0 spiro atoms. The number of allylic oxidation sites excluding steroid dienone is 4. The van der Waals surface area contributed by atoms with E-state index in [9.17, 15) is 9.59 Å². The predicted octanol–water partition coefficient (Wildman–Crippen LogP) is 5.51. The standard InChI is InChI=1S/C23H18ClNO3/c1-2-28-23(27)22-19-13-8-16(24)14-20(19)21(15-6-4-3-5-7-15)25(22)17-9-11-18(26)12-10-17/h3-11,13-14H,2,12H2,1H3. The van der Waals surface area contributed by atoms with Gasteiger partial charge >= 0.3 is 5.97 Å². The maximum atomic E-state index is 12.9. The summed E-state index contributed by atoms with van der Waals surface area (Å²) in [5.41, 5.74) is 2.97. The van der Waals surface area contributed by atoms with E-state index in [1.165, 1.54) is 6.08 Å². The molecule has 0 bridgehead atoms. The molecule has 0 aliphatic heterocycles. The summed E-state index contributed by atoms with van der Waals surface area (Å²) in [4.78, 5) is 24.6. The van der Waals surface area contributed by atoms with Crippen molar-refractivity contribution in [3.63, 3.8) is 0 Å². The molecule has 5 heteroatoms. The predicted molar refractivity (Wildman–Crippen MR) is 111 cm³/mol. The Morgan fingerprint density at radius 3 is 2.57 bits per heavy atom. The summed E-state index contributed by atoms with van der Waals surface area (Å²) in [6.45, 7) is 2.05. The van der Waals surface area contributed by atoms with Crippen LogP contribution >= 0.6 is 11.6 Å². The first-order valence-electron chi connectivity index (χ1n) is 9.08. The molecule has 0 radical (unpaired) electrons. The number of nitrogens with zero attached hydrogens (tertiary/aromatic N) is 1. The average Bonchev–Trinajstić information content (AvgIpc) is 3.03. The monoisotopic (exact) mass is 391 g/mol. The first kappa shape index (κ1) is 18.3. The lowest BCUT2D eigenvalue weighted by atomic mass is 10.1. The van der Waals surface area contributed by atoms with Crippen LogP contribution in [0.1, 0.15) is 23.8 Å². The Bertz CT molecular complexity index is 1140. The van der Waals surface area contributed by atoms with Crippen LogP contribution in [0, 0.1) is 0 Å². The first-order chi connectivity index (χ1) is 13.6. The number of rotatable bonds is 4. The summed E-state index contributed by atoms with van der Waals surface area (Å²) in [6.07, 6.45) is 5.40. The molecule has 1 aliphatic carbocycles. The van der Waals surface area contributed by atoms with Crippen molar-refractivity contribution in [1.29, 1.82) is 0 Å². The summed E-state index contributed by atoms with van der Waals surface area (Å²) in [5.74, 6) is -0.384. The van der Waals surface area contributed by atoms with E-state index in [1.54, 1.807) is 19.1 Å². The molecule has 2 aromatic carbocycles. The van der Waals surface area contributed by atoms with Crippen LogP contribution in [-0.4, -0.2) is 22.9 Å². The van der Waals surface area contributed by atoms with E-state index in [-0.39, 0.29) is 18.8 Å². The summed E-state index contributed by atoms with van der Waals surface area (Å²) < 4.78 is 7.23. The van der Waals surface area contributed by atoms with Crippen LogP contribution < -0.4 is 0 Å². The third-order valence-electron chi connectivity index (χ3n) is 4.67. The number of benzene rings is 2. The van der Waals surface area contributed by atoms with Gasteiger partial charge in [0.15, 0.2) is 5.78 Å². The van der Waals surface area contributed by atoms with Gasteiger partial charge in [0.2, 0.25) is 0 Å². The molecule has 0 saturated heterocycles. The Morgan fingerprint density at radius 2 is 1.89 bits per heavy atom. The van der Waals surface area contributed by atoms with E-state index >= 15 is 0 Å². The Kier molecular flexibility index (Phi) is 4.88. The Morgan fingerprint density at radius 1 is 1.11 bits per heavy atom. The molecule has 0 N–H and O–H groups in total. The average molecular weight is 392 g/mol. The van der Waals surface area contributed by atoms with Crippen molar-refractivity contribution < 1.29 is 14.3 Å². The lowest BCUT2D eigenvalue weighted by molar-refractivity contribution is -0.113. The van der Waals surface area contributed by atoms with E-state index in [4.69, 9.17) is 16.3 Å². The number of hydrogen-bond donors (Lipinski definition) is 0. The first-order valence-corrected chi connectivity index (χ1v) is 9.46. The van der Waals surface area contributed by atoms with Crippen molar-refractivity contribution in [2.45, 2.75) is 13.3 Å². The van der Waals surface area contributed by atoms with Crippen molar-refractivity contribution in [3.05, 3.63) is 77.5 Å². The van der Waals surface area contributed by atoms with Crippen molar-refractivity contribution in [2.24, 2.45) is 0 Å². The van der Waals surface area contributed by atoms with Gasteiger partial charge in [0.25, 0.3) is 0 Å². The minimum Gasteiger partial charge on any atom is -0.461 e. The highest BCUT2D eigenvalue weighted by Gasteiger charge is 2.26. The fourth-order valence-electron chi connectivity index (χ4n) is 3.50. The third kappa shape index (κ3) is 3.16. The number of aromatic nitrogens is 1. The number of halogens is 1. The second-order valence-electron chi connectivity index (χ2n) is 6.44. The number of carbonyl (C=O) groups is 2. The van der Waals surface area contributed by atoms with Crippen LogP contribution in [0.15, 0.2) is 66.8 Å². The Balaban J connectivity index is 2.11. The minimum atomic E-state index is -0.414. The fourth-order valence-corrected chi connectivity index (χ4v) is 3.67. The molecular formula is C23H18ClNO3. The zero-order valence-corrected chi connectivity index (χ0v) is 16.1. The molecule has 140 valence electrons. The Hall–Kier alpha value is -3.11. The maximum Gasteiger partial charge on any atom is 0.355 e. The molecular weight excluding hydrogens is 374 g/mol. The zero-order valence-electron chi connectivity index (χ0n) is 15.3. The molecule has 0 unspecified atom stereocenters. The van der Waals surface area contributed by atoms with Crippen LogP contribution in [0.5, 0.6) is 0 Å². The Labute approximate surface area is 167 Å². The van der Waals surface area contributed by atoms with Crippen molar-refractivity contribution >= 4 is 39.8 Å². The molecule has 1 aromatic heterocycles. The zero-order chi connectivity index (χ0) is 19.7. The second kappa shape index (κ2) is 7.49. The quantitative estimate of drug-likeness (QED) is 0.551. The van der Waals surface area contributed by atoms with E-state index in [1.807, 2.05) is 53.1 Å². The van der Waals surface area contributed by atoms with Gasteiger partial charge < -0.3 is 9.30 Å². The maximum absolute atomic E-state index is 12.9. The molecule has 0 saturated carbocycles. The smallest absolute Gasteiger partial charge is 0.355 e. The molecule has 1 aliphatic rings. The van der Waals surface area contributed by atoms with Gasteiger partial charge in [-0.25, -0.2) is 4.79 Å². The van der Waals surface area contributed by atoms with Gasteiger partial charge in [0, 0.05) is 27.9 Å². The van der Waals surface area contributed by atoms with Gasteiger partial charge in [-0.1, -0.05) is 54.1 Å². The normalized spacial score (nSPS) is 13.6. The van der Waals surface area contributed by atoms with Crippen LogP contribution in [0.2, 0.25) is 5.02 Å². The highest BCUT2D eigenvalue weighted by atomic mass is 35.5. The highest BCUT2D eigenvalue weighted by molar-refractivity contribution is 6.31. The van der Waals surface area contributed by atoms with Crippen LogP contribution in [0.25, 0.3) is 27.7 Å². The molecule has 28 heavy (non-hydrogen) atoms. The number of esters is 1. The largest absolute Gasteiger partial charge is 0.461 e. The van der Waals surface area contributed by atoms with Gasteiger partial charge in [-0.05, 0) is 36.8 Å². The molecule has 4 nitrogen and oxygen atoms in total. The molecule has 0 fully saturated rings. The molecule has 0 atom stereocenters. The molecule has 4 rings (SSSR count). The molecule has 1 heterocycles. The molecule has 3 aromatic rings. The highest BCUT2D eigenvalue weighted by Crippen LogP contribution is 2.39. The van der Waals surface area contributed by atoms with E-state index < -0.39 is 5.97 Å². The lowest BCUT2D eigenvalue weighted by Crippen LogP contribution is -2.14. The summed E-state index contributed by atoms with van der Waals surface area (Å²) in [5, 5.41) is 2.20. The number of hydrogen-bond acceptors (Lipinski definition) is 3. The van der Waals surface area contributed by atoms with Gasteiger partial charge in [0.1, 0.15) is 5.69 Å². The second-order valence-corrected chi connectivity index (χ2v) is 6.88. The fraction of sp³-hybridized carbons (Fsp3) is 0.130. The van der Waals surface area contributed by atoms with E-state index in [0.717, 1.165) is 27.7 Å². The number of ether oxygens (including phenoxy) is 1. The summed E-state index contributed by atoms with van der Waals surface area (Å²) in [7, 11) is 0. The van der Waals surface area contributed by atoms with E-state index in [2.05, 4.69) is 0 Å². The van der Waals surface area contributed by atoms with Crippen molar-refractivity contribution in [1.82, 2.24) is 4.57 Å². The van der Waals surface area contributed by atoms with Gasteiger partial charge in [-0.2, -0.15) is 0 Å². The number of carbonyl (C=O) groups excluding carboxylic acids is 2. The summed E-state index contributed by atoms with van der Waals surface area (Å²) >= 11 is 6.29. The van der Waals surface area contributed by atoms with Crippen molar-refractivity contribution in [3.8, 4) is 11.3 Å².